The molecule has 14 heavy (non-hydrogen) atoms. The van der Waals surface area contributed by atoms with Crippen molar-refractivity contribution in [2.45, 2.75) is 19.9 Å². The van der Waals surface area contributed by atoms with Crippen LogP contribution >= 0.6 is 0 Å². The molecular formula is C10H20N2O2. The van der Waals surface area contributed by atoms with Gasteiger partial charge in [0, 0.05) is 19.1 Å². The fraction of sp³-hybridized carbons (Fsp3) is 0.900. The Hall–Kier alpha value is -0.770. The van der Waals surface area contributed by atoms with Crippen molar-refractivity contribution in [3.8, 4) is 0 Å². The largest absolute Gasteiger partial charge is 0.450 e. The van der Waals surface area contributed by atoms with Crippen molar-refractivity contribution in [1.82, 2.24) is 9.80 Å². The summed E-state index contributed by atoms with van der Waals surface area (Å²) in [5.41, 5.74) is 0. The van der Waals surface area contributed by atoms with Gasteiger partial charge in [-0.3, -0.25) is 0 Å². The topological polar surface area (TPSA) is 32.8 Å². The first-order valence-corrected chi connectivity index (χ1v) is 5.14. The highest BCUT2D eigenvalue weighted by Gasteiger charge is 2.34. The number of rotatable bonds is 2. The molecule has 0 radical (unpaired) electrons. The number of carbonyl (C=O) groups is 1. The van der Waals surface area contributed by atoms with Crippen LogP contribution in [0.25, 0.3) is 0 Å². The highest BCUT2D eigenvalue weighted by Crippen LogP contribution is 2.20. The Morgan fingerprint density at radius 1 is 1.50 bits per heavy atom. The molecule has 0 N–H and O–H groups in total. The number of likely N-dealkylation sites (tertiary alicyclic amines) is 1. The second-order valence-electron chi connectivity index (χ2n) is 4.11. The van der Waals surface area contributed by atoms with Gasteiger partial charge < -0.3 is 14.5 Å². The lowest BCUT2D eigenvalue weighted by Gasteiger charge is -2.22. The number of hydrogen-bond donors (Lipinski definition) is 0. The van der Waals surface area contributed by atoms with Gasteiger partial charge in [0.2, 0.25) is 0 Å². The molecule has 82 valence electrons. The Bertz CT molecular complexity index is 206. The lowest BCUT2D eigenvalue weighted by molar-refractivity contribution is 0.113. The first-order valence-electron chi connectivity index (χ1n) is 5.14. The van der Waals surface area contributed by atoms with Crippen molar-refractivity contribution >= 4 is 6.09 Å². The number of carbonyl (C=O) groups excluding carboxylic acids is 1. The monoisotopic (exact) mass is 200 g/mol. The SMILES string of the molecule is CCOC(=O)N1CC(C)C(N(C)C)C1. The third kappa shape index (κ3) is 2.38. The molecule has 1 saturated heterocycles. The summed E-state index contributed by atoms with van der Waals surface area (Å²) in [6, 6.07) is 0.458. The van der Waals surface area contributed by atoms with Crippen LogP contribution in [0.5, 0.6) is 0 Å². The van der Waals surface area contributed by atoms with E-state index in [2.05, 4.69) is 25.9 Å². The van der Waals surface area contributed by atoms with Crippen molar-refractivity contribution in [2.24, 2.45) is 5.92 Å². The quantitative estimate of drug-likeness (QED) is 0.667. The number of amides is 1. The molecule has 4 heteroatoms. The van der Waals surface area contributed by atoms with E-state index in [1.165, 1.54) is 0 Å². The summed E-state index contributed by atoms with van der Waals surface area (Å²) < 4.78 is 4.97. The summed E-state index contributed by atoms with van der Waals surface area (Å²) in [7, 11) is 4.10. The summed E-state index contributed by atoms with van der Waals surface area (Å²) in [4.78, 5) is 15.4. The third-order valence-corrected chi connectivity index (χ3v) is 2.76. The van der Waals surface area contributed by atoms with Crippen LogP contribution in [0.15, 0.2) is 0 Å². The molecule has 0 aromatic rings. The molecule has 0 saturated carbocycles. The van der Waals surface area contributed by atoms with Crippen LogP contribution in [0.4, 0.5) is 4.79 Å². The van der Waals surface area contributed by atoms with Crippen LogP contribution in [0.3, 0.4) is 0 Å². The molecule has 4 nitrogen and oxygen atoms in total. The Labute approximate surface area is 85.8 Å². The minimum Gasteiger partial charge on any atom is -0.450 e. The Kier molecular flexibility index (Phi) is 3.75. The van der Waals surface area contributed by atoms with Crippen molar-refractivity contribution in [2.75, 3.05) is 33.8 Å². The fourth-order valence-corrected chi connectivity index (χ4v) is 1.99. The number of nitrogens with zero attached hydrogens (tertiary/aromatic N) is 2. The van der Waals surface area contributed by atoms with Gasteiger partial charge in [-0.15, -0.1) is 0 Å². The summed E-state index contributed by atoms with van der Waals surface area (Å²) in [6.45, 7) is 6.05. The van der Waals surface area contributed by atoms with Gasteiger partial charge in [-0.05, 0) is 26.9 Å². The summed E-state index contributed by atoms with van der Waals surface area (Å²) in [6.07, 6.45) is -0.177. The first kappa shape index (κ1) is 11.3. The van der Waals surface area contributed by atoms with E-state index in [4.69, 9.17) is 4.74 Å². The molecule has 0 bridgehead atoms. The molecule has 0 spiro atoms. The first-order chi connectivity index (χ1) is 6.56. The normalized spacial score (nSPS) is 27.1. The zero-order valence-electron chi connectivity index (χ0n) is 9.49. The Morgan fingerprint density at radius 2 is 2.14 bits per heavy atom. The second kappa shape index (κ2) is 4.64. The van der Waals surface area contributed by atoms with E-state index < -0.39 is 0 Å². The van der Waals surface area contributed by atoms with Gasteiger partial charge in [0.1, 0.15) is 0 Å². The average Bonchev–Trinajstić information content (AvgIpc) is 2.48. The van der Waals surface area contributed by atoms with Gasteiger partial charge in [-0.2, -0.15) is 0 Å². The number of likely N-dealkylation sites (N-methyl/N-ethyl adjacent to an activating group) is 1. The molecular weight excluding hydrogens is 180 g/mol. The predicted molar refractivity (Wildman–Crippen MR) is 55.2 cm³/mol. The van der Waals surface area contributed by atoms with Gasteiger partial charge >= 0.3 is 6.09 Å². The fourth-order valence-electron chi connectivity index (χ4n) is 1.99. The maximum absolute atomic E-state index is 11.4. The molecule has 2 unspecified atom stereocenters. The van der Waals surface area contributed by atoms with Crippen LogP contribution < -0.4 is 0 Å². The van der Waals surface area contributed by atoms with Crippen molar-refractivity contribution in [3.63, 3.8) is 0 Å². The highest BCUT2D eigenvalue weighted by atomic mass is 16.6. The minimum atomic E-state index is -0.177. The maximum Gasteiger partial charge on any atom is 0.409 e. The molecule has 0 aliphatic carbocycles. The van der Waals surface area contributed by atoms with Gasteiger partial charge in [0.15, 0.2) is 0 Å². The van der Waals surface area contributed by atoms with E-state index in [0.29, 0.717) is 18.6 Å². The molecule has 1 rings (SSSR count). The molecule has 0 aromatic carbocycles. The molecule has 1 heterocycles. The van der Waals surface area contributed by atoms with Crippen molar-refractivity contribution in [1.29, 1.82) is 0 Å². The van der Waals surface area contributed by atoms with Crippen LogP contribution in [-0.2, 0) is 4.74 Å². The summed E-state index contributed by atoms with van der Waals surface area (Å²) in [5.74, 6) is 0.523. The molecule has 0 aromatic heterocycles. The number of ether oxygens (including phenoxy) is 1. The third-order valence-electron chi connectivity index (χ3n) is 2.76. The maximum atomic E-state index is 11.4. The van der Waals surface area contributed by atoms with E-state index in [9.17, 15) is 4.79 Å². The molecule has 2 atom stereocenters. The van der Waals surface area contributed by atoms with Gasteiger partial charge in [-0.1, -0.05) is 6.92 Å². The number of hydrogen-bond acceptors (Lipinski definition) is 3. The lowest BCUT2D eigenvalue weighted by atomic mass is 10.1. The smallest absolute Gasteiger partial charge is 0.409 e. The van der Waals surface area contributed by atoms with Crippen LogP contribution in [-0.4, -0.2) is 55.7 Å². The van der Waals surface area contributed by atoms with E-state index >= 15 is 0 Å². The van der Waals surface area contributed by atoms with Crippen molar-refractivity contribution in [3.05, 3.63) is 0 Å². The average molecular weight is 200 g/mol. The summed E-state index contributed by atoms with van der Waals surface area (Å²) in [5, 5.41) is 0. The van der Waals surface area contributed by atoms with Gasteiger partial charge in [0.05, 0.1) is 6.61 Å². The zero-order chi connectivity index (χ0) is 10.7. The zero-order valence-corrected chi connectivity index (χ0v) is 9.49. The Morgan fingerprint density at radius 3 is 2.57 bits per heavy atom. The lowest BCUT2D eigenvalue weighted by Crippen LogP contribution is -2.36. The van der Waals surface area contributed by atoms with Crippen LogP contribution in [0, 0.1) is 5.92 Å². The van der Waals surface area contributed by atoms with Crippen LogP contribution in [0.2, 0.25) is 0 Å². The van der Waals surface area contributed by atoms with E-state index in [1.54, 1.807) is 4.90 Å². The molecule has 1 amide bonds. The van der Waals surface area contributed by atoms with Crippen LogP contribution in [0.1, 0.15) is 13.8 Å². The summed E-state index contributed by atoms with van der Waals surface area (Å²) >= 11 is 0. The second-order valence-corrected chi connectivity index (χ2v) is 4.11. The minimum absolute atomic E-state index is 0.177. The molecule has 1 aliphatic heterocycles. The molecule has 1 fully saturated rings. The molecule has 1 aliphatic rings. The van der Waals surface area contributed by atoms with E-state index in [1.807, 2.05) is 6.92 Å². The van der Waals surface area contributed by atoms with E-state index in [0.717, 1.165) is 13.1 Å². The highest BCUT2D eigenvalue weighted by molar-refractivity contribution is 5.68. The predicted octanol–water partition coefficient (Wildman–Crippen LogP) is 1.02. The van der Waals surface area contributed by atoms with Crippen molar-refractivity contribution < 1.29 is 9.53 Å². The Balaban J connectivity index is 2.50. The standard InChI is InChI=1S/C10H20N2O2/c1-5-14-10(13)12-6-8(2)9(7-12)11(3)4/h8-9H,5-7H2,1-4H3. The van der Waals surface area contributed by atoms with E-state index in [-0.39, 0.29) is 6.09 Å². The van der Waals surface area contributed by atoms with Gasteiger partial charge in [0.25, 0.3) is 0 Å². The van der Waals surface area contributed by atoms with Gasteiger partial charge in [-0.25, -0.2) is 4.79 Å².